The van der Waals surface area contributed by atoms with E-state index in [1.54, 1.807) is 6.07 Å². The Morgan fingerprint density at radius 2 is 2.11 bits per heavy atom. The van der Waals surface area contributed by atoms with Gasteiger partial charge in [-0.2, -0.15) is 0 Å². The van der Waals surface area contributed by atoms with Crippen molar-refractivity contribution in [1.29, 1.82) is 0 Å². The zero-order chi connectivity index (χ0) is 13.1. The molecule has 1 atom stereocenters. The zero-order valence-electron chi connectivity index (χ0n) is 10.1. The van der Waals surface area contributed by atoms with Gasteiger partial charge >= 0.3 is 5.97 Å². The van der Waals surface area contributed by atoms with Crippen LogP contribution in [-0.4, -0.2) is 30.7 Å². The average Bonchev–Trinajstić information content (AvgIpc) is 2.83. The van der Waals surface area contributed by atoms with Crippen LogP contribution in [0.15, 0.2) is 18.2 Å². The van der Waals surface area contributed by atoms with E-state index in [1.807, 2.05) is 12.1 Å². The Balaban J connectivity index is 2.26. The van der Waals surface area contributed by atoms with E-state index in [2.05, 4.69) is 4.90 Å². The lowest BCUT2D eigenvalue weighted by Gasteiger charge is -2.20. The van der Waals surface area contributed by atoms with Crippen LogP contribution in [0.1, 0.15) is 24.3 Å². The van der Waals surface area contributed by atoms with Gasteiger partial charge in [0.25, 0.3) is 0 Å². The van der Waals surface area contributed by atoms with Gasteiger partial charge in [0.15, 0.2) is 0 Å². The molecule has 1 unspecified atom stereocenters. The molecule has 1 aliphatic heterocycles. The number of rotatable bonds is 4. The van der Waals surface area contributed by atoms with Gasteiger partial charge in [0.1, 0.15) is 0 Å². The molecule has 1 fully saturated rings. The molecule has 1 aromatic carbocycles. The van der Waals surface area contributed by atoms with Gasteiger partial charge in [-0.3, -0.25) is 4.79 Å². The van der Waals surface area contributed by atoms with Crippen LogP contribution in [0, 0.1) is 0 Å². The van der Waals surface area contributed by atoms with Gasteiger partial charge in [-0.05, 0) is 30.5 Å². The first-order chi connectivity index (χ1) is 8.63. The summed E-state index contributed by atoms with van der Waals surface area (Å²) in [5.74, 6) is -1.60. The highest BCUT2D eigenvalue weighted by molar-refractivity contribution is 6.33. The molecule has 0 aliphatic carbocycles. The first-order valence-corrected chi connectivity index (χ1v) is 6.48. The van der Waals surface area contributed by atoms with Crippen molar-refractivity contribution in [3.05, 3.63) is 28.8 Å². The fraction of sp³-hybridized carbons (Fsp3) is 0.462. The maximum Gasteiger partial charge on any atom is 0.312 e. The average molecular weight is 269 g/mol. The minimum absolute atomic E-state index is 0.0781. The first-order valence-electron chi connectivity index (χ1n) is 6.10. The number of aliphatic carboxylic acids is 1. The van der Waals surface area contributed by atoms with E-state index in [1.165, 1.54) is 12.8 Å². The molecule has 1 aliphatic rings. The Morgan fingerprint density at radius 1 is 1.44 bits per heavy atom. The summed E-state index contributed by atoms with van der Waals surface area (Å²) in [4.78, 5) is 13.3. The number of carboxylic acids is 1. The summed E-state index contributed by atoms with van der Waals surface area (Å²) in [6.45, 7) is 2.10. The summed E-state index contributed by atoms with van der Waals surface area (Å²) in [5.41, 5.74) is 7.13. The molecule has 0 saturated carbocycles. The van der Waals surface area contributed by atoms with Gasteiger partial charge < -0.3 is 15.7 Å². The number of carboxylic acid groups (broad SMARTS) is 1. The molecule has 3 N–H and O–H groups in total. The Kier molecular flexibility index (Phi) is 4.09. The zero-order valence-corrected chi connectivity index (χ0v) is 10.9. The monoisotopic (exact) mass is 268 g/mol. The molecule has 0 aromatic heterocycles. The molecular weight excluding hydrogens is 252 g/mol. The van der Waals surface area contributed by atoms with Crippen molar-refractivity contribution in [1.82, 2.24) is 0 Å². The molecule has 1 saturated heterocycles. The molecule has 4 nitrogen and oxygen atoms in total. The van der Waals surface area contributed by atoms with Crippen molar-refractivity contribution < 1.29 is 9.90 Å². The van der Waals surface area contributed by atoms with Gasteiger partial charge in [-0.1, -0.05) is 17.7 Å². The molecule has 5 heteroatoms. The van der Waals surface area contributed by atoms with Crippen LogP contribution in [-0.2, 0) is 4.79 Å². The predicted octanol–water partition coefficient (Wildman–Crippen LogP) is 2.07. The largest absolute Gasteiger partial charge is 0.481 e. The summed E-state index contributed by atoms with van der Waals surface area (Å²) >= 11 is 6.24. The summed E-state index contributed by atoms with van der Waals surface area (Å²) in [6.07, 6.45) is 2.36. The third-order valence-corrected chi connectivity index (χ3v) is 3.66. The smallest absolute Gasteiger partial charge is 0.312 e. The molecule has 98 valence electrons. The second kappa shape index (κ2) is 5.59. The van der Waals surface area contributed by atoms with Crippen LogP contribution in [0.25, 0.3) is 0 Å². The molecular formula is C13H17ClN2O2. The highest BCUT2D eigenvalue weighted by Gasteiger charge is 2.21. The lowest BCUT2D eigenvalue weighted by Crippen LogP contribution is -2.22. The van der Waals surface area contributed by atoms with E-state index in [0.717, 1.165) is 18.8 Å². The molecule has 1 heterocycles. The van der Waals surface area contributed by atoms with Gasteiger partial charge in [0, 0.05) is 19.6 Å². The van der Waals surface area contributed by atoms with E-state index in [-0.39, 0.29) is 6.54 Å². The second-order valence-corrected chi connectivity index (χ2v) is 4.94. The maximum absolute atomic E-state index is 11.0. The number of halogens is 1. The number of hydrogen-bond donors (Lipinski definition) is 2. The number of hydrogen-bond acceptors (Lipinski definition) is 3. The molecule has 18 heavy (non-hydrogen) atoms. The lowest BCUT2D eigenvalue weighted by molar-refractivity contribution is -0.138. The Bertz CT molecular complexity index is 445. The molecule has 0 bridgehead atoms. The molecule has 0 radical (unpaired) electrons. The summed E-state index contributed by atoms with van der Waals surface area (Å²) in [6, 6.07) is 5.43. The fourth-order valence-corrected chi connectivity index (χ4v) is 2.64. The van der Waals surface area contributed by atoms with E-state index in [0.29, 0.717) is 10.6 Å². The standard InChI is InChI=1S/C13H17ClN2O2/c14-11-7-9(10(8-15)13(17)18)3-4-12(11)16-5-1-2-6-16/h3-4,7,10H,1-2,5-6,8,15H2,(H,17,18). The van der Waals surface area contributed by atoms with E-state index in [9.17, 15) is 4.79 Å². The van der Waals surface area contributed by atoms with E-state index in [4.69, 9.17) is 22.4 Å². The van der Waals surface area contributed by atoms with Crippen LogP contribution in [0.5, 0.6) is 0 Å². The SMILES string of the molecule is NCC(C(=O)O)c1ccc(N2CCCC2)c(Cl)c1. The maximum atomic E-state index is 11.0. The summed E-state index contributed by atoms with van der Waals surface area (Å²) < 4.78 is 0. The molecule has 0 amide bonds. The van der Waals surface area contributed by atoms with E-state index >= 15 is 0 Å². The number of carbonyl (C=O) groups is 1. The Morgan fingerprint density at radius 3 is 2.61 bits per heavy atom. The normalized spacial score (nSPS) is 16.9. The lowest BCUT2D eigenvalue weighted by atomic mass is 9.99. The van der Waals surface area contributed by atoms with Crippen molar-refractivity contribution >= 4 is 23.3 Å². The van der Waals surface area contributed by atoms with Gasteiger partial charge in [0.2, 0.25) is 0 Å². The van der Waals surface area contributed by atoms with Crippen molar-refractivity contribution in [2.75, 3.05) is 24.5 Å². The number of nitrogens with zero attached hydrogens (tertiary/aromatic N) is 1. The van der Waals surface area contributed by atoms with Gasteiger partial charge in [-0.25, -0.2) is 0 Å². The van der Waals surface area contributed by atoms with Crippen LogP contribution in [0.2, 0.25) is 5.02 Å². The van der Waals surface area contributed by atoms with Gasteiger partial charge in [0.05, 0.1) is 16.6 Å². The third-order valence-electron chi connectivity index (χ3n) is 3.35. The topological polar surface area (TPSA) is 66.6 Å². The molecule has 0 spiro atoms. The van der Waals surface area contributed by atoms with Crippen LogP contribution >= 0.6 is 11.6 Å². The summed E-state index contributed by atoms with van der Waals surface area (Å²) in [7, 11) is 0. The van der Waals surface area contributed by atoms with Crippen molar-refractivity contribution in [3.8, 4) is 0 Å². The molecule has 1 aromatic rings. The van der Waals surface area contributed by atoms with Crippen LogP contribution in [0.3, 0.4) is 0 Å². The van der Waals surface area contributed by atoms with Crippen LogP contribution in [0.4, 0.5) is 5.69 Å². The van der Waals surface area contributed by atoms with Crippen LogP contribution < -0.4 is 10.6 Å². The van der Waals surface area contributed by atoms with Gasteiger partial charge in [-0.15, -0.1) is 0 Å². The highest BCUT2D eigenvalue weighted by Crippen LogP contribution is 2.31. The Labute approximate surface area is 111 Å². The fourth-order valence-electron chi connectivity index (χ4n) is 2.33. The van der Waals surface area contributed by atoms with E-state index < -0.39 is 11.9 Å². The first kappa shape index (κ1) is 13.2. The van der Waals surface area contributed by atoms with Crippen molar-refractivity contribution in [2.45, 2.75) is 18.8 Å². The number of anilines is 1. The van der Waals surface area contributed by atoms with Crippen molar-refractivity contribution in [3.63, 3.8) is 0 Å². The third kappa shape index (κ3) is 2.60. The molecule has 2 rings (SSSR count). The number of nitrogens with two attached hydrogens (primary N) is 1. The highest BCUT2D eigenvalue weighted by atomic mass is 35.5. The quantitative estimate of drug-likeness (QED) is 0.877. The van der Waals surface area contributed by atoms with Crippen molar-refractivity contribution in [2.24, 2.45) is 5.73 Å². The second-order valence-electron chi connectivity index (χ2n) is 4.53. The minimum atomic E-state index is -0.914. The Hall–Kier alpha value is -1.26. The summed E-state index contributed by atoms with van der Waals surface area (Å²) in [5, 5.41) is 9.67. The predicted molar refractivity (Wildman–Crippen MR) is 72.3 cm³/mol. The minimum Gasteiger partial charge on any atom is -0.481 e. The number of benzene rings is 1.